The Kier molecular flexibility index (Phi) is 6.68. The number of anilines is 1. The molecule has 4 rings (SSSR count). The lowest BCUT2D eigenvalue weighted by molar-refractivity contribution is -0.137. The number of nitrogens with one attached hydrogen (secondary N) is 1. The number of nitrogens with zero attached hydrogens (tertiary/aromatic N) is 3. The molecule has 0 saturated carbocycles. The summed E-state index contributed by atoms with van der Waals surface area (Å²) in [5, 5.41) is 7.00. The fraction of sp³-hybridized carbons (Fsp3) is 0.292. The van der Waals surface area contributed by atoms with E-state index in [2.05, 4.69) is 10.4 Å². The first-order valence-electron chi connectivity index (χ1n) is 10.8. The van der Waals surface area contributed by atoms with Gasteiger partial charge in [-0.15, -0.1) is 0 Å². The van der Waals surface area contributed by atoms with Gasteiger partial charge in [0.05, 0.1) is 31.7 Å². The van der Waals surface area contributed by atoms with Crippen molar-refractivity contribution in [3.63, 3.8) is 0 Å². The van der Waals surface area contributed by atoms with Crippen molar-refractivity contribution in [2.75, 3.05) is 26.1 Å². The van der Waals surface area contributed by atoms with Gasteiger partial charge in [0.25, 0.3) is 5.91 Å². The molecule has 35 heavy (non-hydrogen) atoms. The molecule has 0 bridgehead atoms. The molecule has 8 nitrogen and oxygen atoms in total. The van der Waals surface area contributed by atoms with Gasteiger partial charge in [-0.3, -0.25) is 9.59 Å². The standard InChI is InChI=1S/C24H23F3N4O4/c1-34-18-10-8-16(9-11-18)28-22(32)19-7-4-12-30(19)23(33)21-20(35-2)14-31(29-21)17-6-3-5-15(13-17)24(25,26)27/h3,5-6,8-11,13-14,19H,4,7,12H2,1-2H3,(H,28,32). The van der Waals surface area contributed by atoms with E-state index in [-0.39, 0.29) is 23.0 Å². The number of halogens is 3. The van der Waals surface area contributed by atoms with Crippen molar-refractivity contribution in [1.82, 2.24) is 14.7 Å². The summed E-state index contributed by atoms with van der Waals surface area (Å²) in [4.78, 5) is 27.7. The number of ether oxygens (including phenoxy) is 2. The molecular weight excluding hydrogens is 465 g/mol. The van der Waals surface area contributed by atoms with E-state index < -0.39 is 23.7 Å². The molecule has 1 fully saturated rings. The van der Waals surface area contributed by atoms with Crippen LogP contribution in [0.2, 0.25) is 0 Å². The van der Waals surface area contributed by atoms with E-state index in [0.717, 1.165) is 16.8 Å². The number of alkyl halides is 3. The molecule has 1 saturated heterocycles. The van der Waals surface area contributed by atoms with Crippen LogP contribution in [0.25, 0.3) is 5.69 Å². The minimum Gasteiger partial charge on any atom is -0.497 e. The second-order valence-electron chi connectivity index (χ2n) is 7.91. The number of hydrogen-bond acceptors (Lipinski definition) is 5. The van der Waals surface area contributed by atoms with Crippen LogP contribution in [0, 0.1) is 0 Å². The summed E-state index contributed by atoms with van der Waals surface area (Å²) in [7, 11) is 2.88. The normalized spacial score (nSPS) is 15.7. The van der Waals surface area contributed by atoms with E-state index >= 15 is 0 Å². The van der Waals surface area contributed by atoms with Gasteiger partial charge in [0.2, 0.25) is 5.91 Å². The second-order valence-corrected chi connectivity index (χ2v) is 7.91. The van der Waals surface area contributed by atoms with Crippen molar-refractivity contribution in [1.29, 1.82) is 0 Å². The van der Waals surface area contributed by atoms with Crippen molar-refractivity contribution in [2.45, 2.75) is 25.1 Å². The Morgan fingerprint density at radius 3 is 2.49 bits per heavy atom. The van der Waals surface area contributed by atoms with Gasteiger partial charge in [0.15, 0.2) is 11.4 Å². The maximum Gasteiger partial charge on any atom is 0.416 e. The van der Waals surface area contributed by atoms with Crippen LogP contribution in [0.1, 0.15) is 28.9 Å². The van der Waals surface area contributed by atoms with Gasteiger partial charge in [0, 0.05) is 12.2 Å². The van der Waals surface area contributed by atoms with Gasteiger partial charge in [-0.1, -0.05) is 6.07 Å². The Morgan fingerprint density at radius 1 is 1.09 bits per heavy atom. The maximum absolute atomic E-state index is 13.3. The monoisotopic (exact) mass is 488 g/mol. The lowest BCUT2D eigenvalue weighted by Gasteiger charge is -2.23. The Labute approximate surface area is 199 Å². The van der Waals surface area contributed by atoms with Crippen LogP contribution in [-0.4, -0.2) is 53.3 Å². The summed E-state index contributed by atoms with van der Waals surface area (Å²) < 4.78 is 50.9. The fourth-order valence-corrected chi connectivity index (χ4v) is 3.93. The predicted octanol–water partition coefficient (Wildman–Crippen LogP) is 4.15. The number of likely N-dealkylation sites (tertiary alicyclic amines) is 1. The zero-order valence-electron chi connectivity index (χ0n) is 19.0. The number of carbonyl (C=O) groups is 2. The minimum atomic E-state index is -4.52. The Bertz CT molecular complexity index is 1220. The van der Waals surface area contributed by atoms with Gasteiger partial charge in [-0.05, 0) is 55.3 Å². The summed E-state index contributed by atoms with van der Waals surface area (Å²) in [5.74, 6) is -0.157. The maximum atomic E-state index is 13.3. The third-order valence-electron chi connectivity index (χ3n) is 5.72. The van der Waals surface area contributed by atoms with E-state index in [1.165, 1.54) is 37.4 Å². The van der Waals surface area contributed by atoms with Gasteiger partial charge in [0.1, 0.15) is 11.8 Å². The van der Waals surface area contributed by atoms with E-state index in [1.54, 1.807) is 24.3 Å². The molecule has 1 N–H and O–H groups in total. The highest BCUT2D eigenvalue weighted by Gasteiger charge is 2.37. The Balaban J connectivity index is 1.56. The van der Waals surface area contributed by atoms with E-state index in [0.29, 0.717) is 30.8 Å². The van der Waals surface area contributed by atoms with Crippen molar-refractivity contribution < 1.29 is 32.2 Å². The molecule has 11 heteroatoms. The summed E-state index contributed by atoms with van der Waals surface area (Å²) in [6.45, 7) is 0.332. The fourth-order valence-electron chi connectivity index (χ4n) is 3.93. The van der Waals surface area contributed by atoms with Crippen LogP contribution >= 0.6 is 0 Å². The highest BCUT2D eigenvalue weighted by molar-refractivity contribution is 6.01. The molecule has 1 unspecified atom stereocenters. The topological polar surface area (TPSA) is 85.7 Å². The number of benzene rings is 2. The Hall–Kier alpha value is -4.02. The van der Waals surface area contributed by atoms with Gasteiger partial charge < -0.3 is 19.7 Å². The van der Waals surface area contributed by atoms with Crippen molar-refractivity contribution in [2.24, 2.45) is 0 Å². The molecule has 2 aromatic carbocycles. The first-order valence-corrected chi connectivity index (χ1v) is 10.8. The molecule has 0 spiro atoms. The molecule has 0 radical (unpaired) electrons. The highest BCUT2D eigenvalue weighted by atomic mass is 19.4. The van der Waals surface area contributed by atoms with Crippen LogP contribution in [0.4, 0.5) is 18.9 Å². The molecule has 1 atom stereocenters. The summed E-state index contributed by atoms with van der Waals surface area (Å²) in [6, 6.07) is 10.7. The zero-order chi connectivity index (χ0) is 25.2. The first kappa shape index (κ1) is 24.1. The summed E-state index contributed by atoms with van der Waals surface area (Å²) >= 11 is 0. The molecule has 0 aliphatic carbocycles. The minimum absolute atomic E-state index is 0.0888. The van der Waals surface area contributed by atoms with Crippen molar-refractivity contribution >= 4 is 17.5 Å². The zero-order valence-corrected chi connectivity index (χ0v) is 19.0. The van der Waals surface area contributed by atoms with Gasteiger partial charge in [-0.25, -0.2) is 4.68 Å². The van der Waals surface area contributed by atoms with Crippen LogP contribution in [0.3, 0.4) is 0 Å². The van der Waals surface area contributed by atoms with E-state index in [4.69, 9.17) is 9.47 Å². The molecule has 1 aliphatic heterocycles. The Morgan fingerprint density at radius 2 is 1.83 bits per heavy atom. The summed E-state index contributed by atoms with van der Waals surface area (Å²) in [6.07, 6.45) is -2.11. The smallest absolute Gasteiger partial charge is 0.416 e. The van der Waals surface area contributed by atoms with Crippen molar-refractivity contribution in [3.05, 3.63) is 66.0 Å². The molecule has 1 aromatic heterocycles. The highest BCUT2D eigenvalue weighted by Crippen LogP contribution is 2.31. The average Bonchev–Trinajstić information content (AvgIpc) is 3.51. The summed E-state index contributed by atoms with van der Waals surface area (Å²) in [5.41, 5.74) is -0.255. The molecule has 3 aromatic rings. The SMILES string of the molecule is COc1ccc(NC(=O)C2CCCN2C(=O)c2nn(-c3cccc(C(F)(F)F)c3)cc2OC)cc1. The lowest BCUT2D eigenvalue weighted by atomic mass is 10.2. The van der Waals surface area contributed by atoms with Crippen LogP contribution in [0.5, 0.6) is 11.5 Å². The third-order valence-corrected chi connectivity index (χ3v) is 5.72. The van der Waals surface area contributed by atoms with E-state index in [1.807, 2.05) is 0 Å². The number of hydrogen-bond donors (Lipinski definition) is 1. The predicted molar refractivity (Wildman–Crippen MR) is 121 cm³/mol. The number of aromatic nitrogens is 2. The number of methoxy groups -OCH3 is 2. The molecule has 2 heterocycles. The molecule has 1 aliphatic rings. The van der Waals surface area contributed by atoms with Crippen LogP contribution < -0.4 is 14.8 Å². The molecule has 184 valence electrons. The van der Waals surface area contributed by atoms with Crippen LogP contribution in [-0.2, 0) is 11.0 Å². The van der Waals surface area contributed by atoms with Crippen LogP contribution in [0.15, 0.2) is 54.7 Å². The van der Waals surface area contributed by atoms with Gasteiger partial charge >= 0.3 is 6.18 Å². The quantitative estimate of drug-likeness (QED) is 0.564. The molecule has 2 amide bonds. The van der Waals surface area contributed by atoms with Crippen molar-refractivity contribution in [3.8, 4) is 17.2 Å². The van der Waals surface area contributed by atoms with E-state index in [9.17, 15) is 22.8 Å². The molecular formula is C24H23F3N4O4. The average molecular weight is 488 g/mol. The number of carbonyl (C=O) groups excluding carboxylic acids is 2. The lowest BCUT2D eigenvalue weighted by Crippen LogP contribution is -2.43. The number of amides is 2. The van der Waals surface area contributed by atoms with Gasteiger partial charge in [-0.2, -0.15) is 18.3 Å². The third kappa shape index (κ3) is 5.08. The number of rotatable bonds is 6. The largest absolute Gasteiger partial charge is 0.497 e. The first-order chi connectivity index (χ1) is 16.7. The second kappa shape index (κ2) is 9.69.